The van der Waals surface area contributed by atoms with E-state index in [0.717, 1.165) is 0 Å². The predicted molar refractivity (Wildman–Crippen MR) is 64.0 cm³/mol. The van der Waals surface area contributed by atoms with Gasteiger partial charge in [-0.25, -0.2) is 4.79 Å². The monoisotopic (exact) mass is 254 g/mol. The Labute approximate surface area is 106 Å². The zero-order chi connectivity index (χ0) is 13.7. The van der Waals surface area contributed by atoms with Crippen LogP contribution in [0.5, 0.6) is 0 Å². The summed E-state index contributed by atoms with van der Waals surface area (Å²) in [4.78, 5) is 23.4. The predicted octanol–water partition coefficient (Wildman–Crippen LogP) is 1.30. The summed E-state index contributed by atoms with van der Waals surface area (Å²) in [5.74, 6) is -0.104. The van der Waals surface area contributed by atoms with Gasteiger partial charge in [-0.1, -0.05) is 19.0 Å². The van der Waals surface area contributed by atoms with Crippen LogP contribution in [0.25, 0.3) is 0 Å². The first-order chi connectivity index (χ1) is 8.43. The summed E-state index contributed by atoms with van der Waals surface area (Å²) in [5.41, 5.74) is 0.158. The van der Waals surface area contributed by atoms with Gasteiger partial charge < -0.3 is 14.6 Å². The van der Waals surface area contributed by atoms with Gasteiger partial charge in [-0.3, -0.25) is 4.79 Å². The molecule has 0 aromatic carbocycles. The van der Waals surface area contributed by atoms with Crippen LogP contribution in [0.1, 0.15) is 36.5 Å². The molecule has 1 unspecified atom stereocenters. The smallest absolute Gasteiger partial charge is 0.328 e. The molecule has 18 heavy (non-hydrogen) atoms. The van der Waals surface area contributed by atoms with Crippen LogP contribution in [0, 0.1) is 12.8 Å². The molecule has 1 atom stereocenters. The van der Waals surface area contributed by atoms with Crippen molar-refractivity contribution in [1.29, 1.82) is 0 Å². The molecular weight excluding hydrogens is 236 g/mol. The number of nitrogens with zero attached hydrogens (tertiary/aromatic N) is 1. The Morgan fingerprint density at radius 1 is 1.50 bits per heavy atom. The summed E-state index contributed by atoms with van der Waals surface area (Å²) in [5, 5.41) is 6.19. The molecule has 0 aliphatic rings. The van der Waals surface area contributed by atoms with Gasteiger partial charge in [0.25, 0.3) is 5.91 Å². The summed E-state index contributed by atoms with van der Waals surface area (Å²) in [7, 11) is 1.29. The number of carbonyl (C=O) groups excluding carboxylic acids is 2. The largest absolute Gasteiger partial charge is 0.467 e. The molecule has 0 aliphatic heterocycles. The summed E-state index contributed by atoms with van der Waals surface area (Å²) in [6.07, 6.45) is 0.509. The van der Waals surface area contributed by atoms with Gasteiger partial charge in [0.2, 0.25) is 0 Å². The van der Waals surface area contributed by atoms with Gasteiger partial charge in [0.05, 0.1) is 7.11 Å². The number of ether oxygens (including phenoxy) is 1. The highest BCUT2D eigenvalue weighted by atomic mass is 16.5. The first kappa shape index (κ1) is 14.2. The van der Waals surface area contributed by atoms with Gasteiger partial charge in [-0.05, 0) is 19.3 Å². The van der Waals surface area contributed by atoms with Crippen molar-refractivity contribution in [2.45, 2.75) is 33.2 Å². The van der Waals surface area contributed by atoms with Crippen LogP contribution in [0.4, 0.5) is 0 Å². The number of aromatic nitrogens is 1. The van der Waals surface area contributed by atoms with Crippen LogP contribution in [-0.2, 0) is 9.53 Å². The molecule has 0 radical (unpaired) electrons. The number of amides is 1. The summed E-state index contributed by atoms with van der Waals surface area (Å²) < 4.78 is 9.47. The van der Waals surface area contributed by atoms with Gasteiger partial charge in [0.1, 0.15) is 11.8 Å². The molecule has 0 aliphatic carbocycles. The molecule has 1 rings (SSSR count). The zero-order valence-corrected chi connectivity index (χ0v) is 11.0. The Morgan fingerprint density at radius 3 is 2.61 bits per heavy atom. The third-order valence-electron chi connectivity index (χ3n) is 2.36. The van der Waals surface area contributed by atoms with E-state index in [1.165, 1.54) is 13.2 Å². The third kappa shape index (κ3) is 3.87. The summed E-state index contributed by atoms with van der Waals surface area (Å²) >= 11 is 0. The Bertz CT molecular complexity index is 425. The van der Waals surface area contributed by atoms with Gasteiger partial charge in [0.15, 0.2) is 5.69 Å². The molecule has 1 aromatic heterocycles. The Morgan fingerprint density at radius 2 is 2.17 bits per heavy atom. The lowest BCUT2D eigenvalue weighted by Crippen LogP contribution is -2.42. The van der Waals surface area contributed by atoms with E-state index < -0.39 is 17.9 Å². The quantitative estimate of drug-likeness (QED) is 0.801. The van der Waals surface area contributed by atoms with Crippen LogP contribution >= 0.6 is 0 Å². The fraction of sp³-hybridized carbons (Fsp3) is 0.583. The van der Waals surface area contributed by atoms with Crippen molar-refractivity contribution in [3.8, 4) is 0 Å². The van der Waals surface area contributed by atoms with Crippen LogP contribution in [0.15, 0.2) is 10.6 Å². The second-order valence-electron chi connectivity index (χ2n) is 4.50. The van der Waals surface area contributed by atoms with Gasteiger partial charge in [-0.15, -0.1) is 0 Å². The number of aryl methyl sites for hydroxylation is 1. The van der Waals surface area contributed by atoms with E-state index in [-0.39, 0.29) is 11.6 Å². The molecule has 0 spiro atoms. The maximum absolute atomic E-state index is 11.8. The minimum absolute atomic E-state index is 0.158. The summed E-state index contributed by atoms with van der Waals surface area (Å²) in [6.45, 7) is 5.61. The molecule has 0 fully saturated rings. The average molecular weight is 254 g/mol. The molecule has 1 aromatic rings. The van der Waals surface area contributed by atoms with Gasteiger partial charge in [0, 0.05) is 6.07 Å². The number of methoxy groups -OCH3 is 1. The fourth-order valence-electron chi connectivity index (χ4n) is 1.53. The highest BCUT2D eigenvalue weighted by Gasteiger charge is 2.24. The zero-order valence-electron chi connectivity index (χ0n) is 11.0. The van der Waals surface area contributed by atoms with Crippen molar-refractivity contribution >= 4 is 11.9 Å². The van der Waals surface area contributed by atoms with E-state index in [1.54, 1.807) is 6.92 Å². The minimum atomic E-state index is -0.667. The standard InChI is InChI=1S/C12H18N2O4/c1-7(2)5-10(12(16)17-4)13-11(15)9-6-8(3)18-14-9/h6-7,10H,5H2,1-4H3,(H,13,15). The van der Waals surface area contributed by atoms with Crippen molar-refractivity contribution in [2.24, 2.45) is 5.92 Å². The van der Waals surface area contributed by atoms with E-state index in [0.29, 0.717) is 12.2 Å². The molecule has 1 N–H and O–H groups in total. The maximum Gasteiger partial charge on any atom is 0.328 e. The Balaban J connectivity index is 2.71. The maximum atomic E-state index is 11.8. The van der Waals surface area contributed by atoms with Crippen LogP contribution in [0.2, 0.25) is 0 Å². The SMILES string of the molecule is COC(=O)C(CC(C)C)NC(=O)c1cc(C)on1. The average Bonchev–Trinajstić information content (AvgIpc) is 2.73. The number of hydrogen-bond acceptors (Lipinski definition) is 5. The highest BCUT2D eigenvalue weighted by molar-refractivity contribution is 5.95. The molecule has 6 heteroatoms. The Kier molecular flexibility index (Phi) is 4.88. The molecule has 0 saturated heterocycles. The van der Waals surface area contributed by atoms with Crippen LogP contribution in [0.3, 0.4) is 0 Å². The first-order valence-corrected chi connectivity index (χ1v) is 5.76. The minimum Gasteiger partial charge on any atom is -0.467 e. The molecule has 1 amide bonds. The third-order valence-corrected chi connectivity index (χ3v) is 2.36. The number of esters is 1. The lowest BCUT2D eigenvalue weighted by Gasteiger charge is -2.17. The molecular formula is C12H18N2O4. The van der Waals surface area contributed by atoms with E-state index in [4.69, 9.17) is 4.52 Å². The molecule has 1 heterocycles. The molecule has 6 nitrogen and oxygen atoms in total. The van der Waals surface area contributed by atoms with Crippen LogP contribution in [-0.4, -0.2) is 30.2 Å². The molecule has 0 saturated carbocycles. The second-order valence-corrected chi connectivity index (χ2v) is 4.50. The van der Waals surface area contributed by atoms with E-state index >= 15 is 0 Å². The first-order valence-electron chi connectivity index (χ1n) is 5.76. The second kappa shape index (κ2) is 6.18. The topological polar surface area (TPSA) is 81.4 Å². The number of rotatable bonds is 5. The normalized spacial score (nSPS) is 12.3. The fourth-order valence-corrected chi connectivity index (χ4v) is 1.53. The number of carbonyl (C=O) groups is 2. The molecule has 0 bridgehead atoms. The number of hydrogen-bond donors (Lipinski definition) is 1. The van der Waals surface area contributed by atoms with Gasteiger partial charge in [-0.2, -0.15) is 0 Å². The van der Waals surface area contributed by atoms with E-state index in [9.17, 15) is 9.59 Å². The van der Waals surface area contributed by atoms with Crippen molar-refractivity contribution in [3.05, 3.63) is 17.5 Å². The molecule has 100 valence electrons. The van der Waals surface area contributed by atoms with Crippen LogP contribution < -0.4 is 5.32 Å². The lowest BCUT2D eigenvalue weighted by atomic mass is 10.0. The van der Waals surface area contributed by atoms with E-state index in [1.807, 2.05) is 13.8 Å². The highest BCUT2D eigenvalue weighted by Crippen LogP contribution is 2.08. The van der Waals surface area contributed by atoms with Crippen molar-refractivity contribution < 1.29 is 18.8 Å². The van der Waals surface area contributed by atoms with Gasteiger partial charge >= 0.3 is 5.97 Å². The summed E-state index contributed by atoms with van der Waals surface area (Å²) in [6, 6.07) is 0.846. The van der Waals surface area contributed by atoms with Crippen molar-refractivity contribution in [2.75, 3.05) is 7.11 Å². The number of nitrogens with one attached hydrogen (secondary N) is 1. The van der Waals surface area contributed by atoms with Crippen molar-refractivity contribution in [1.82, 2.24) is 10.5 Å². The van der Waals surface area contributed by atoms with Crippen molar-refractivity contribution in [3.63, 3.8) is 0 Å². The Hall–Kier alpha value is -1.85. The lowest BCUT2D eigenvalue weighted by molar-refractivity contribution is -0.143. The van der Waals surface area contributed by atoms with E-state index in [2.05, 4.69) is 15.2 Å².